The van der Waals surface area contributed by atoms with Gasteiger partial charge in [-0.1, -0.05) is 0 Å². The molecule has 3 heterocycles. The summed E-state index contributed by atoms with van der Waals surface area (Å²) in [4.78, 5) is 18.4. The molecular weight excluding hydrogens is 385 g/mol. The number of halogens is 3. The minimum Gasteiger partial charge on any atom is -0.476 e. The summed E-state index contributed by atoms with van der Waals surface area (Å²) in [7, 11) is 0. The summed E-state index contributed by atoms with van der Waals surface area (Å²) >= 11 is 0. The predicted molar refractivity (Wildman–Crippen MR) is 102 cm³/mol. The van der Waals surface area contributed by atoms with Gasteiger partial charge >= 0.3 is 6.18 Å². The average molecular weight is 406 g/mol. The third kappa shape index (κ3) is 3.50. The highest BCUT2D eigenvalue weighted by Crippen LogP contribution is 2.44. The molecule has 0 aliphatic carbocycles. The molecule has 154 valence electrons. The minimum absolute atomic E-state index is 0.240. The fourth-order valence-electron chi connectivity index (χ4n) is 3.88. The van der Waals surface area contributed by atoms with Crippen LogP contribution < -0.4 is 15.4 Å². The van der Waals surface area contributed by atoms with E-state index in [0.29, 0.717) is 43.4 Å². The number of anilines is 2. The minimum atomic E-state index is -4.65. The molecule has 0 bridgehead atoms. The van der Waals surface area contributed by atoms with Crippen LogP contribution in [-0.4, -0.2) is 42.0 Å². The topological polar surface area (TPSA) is 66.5 Å². The molecule has 1 fully saturated rings. The van der Waals surface area contributed by atoms with Crippen LogP contribution in [0.3, 0.4) is 0 Å². The molecule has 1 aromatic carbocycles. The van der Waals surface area contributed by atoms with Crippen molar-refractivity contribution >= 4 is 17.3 Å². The third-order valence-electron chi connectivity index (χ3n) is 5.10. The highest BCUT2D eigenvalue weighted by atomic mass is 19.4. The zero-order chi connectivity index (χ0) is 20.8. The highest BCUT2D eigenvalue weighted by molar-refractivity contribution is 6.01. The Bertz CT molecular complexity index is 961. The van der Waals surface area contributed by atoms with E-state index < -0.39 is 23.7 Å². The number of fused-ring (bicyclic) bond motifs is 3. The van der Waals surface area contributed by atoms with Gasteiger partial charge in [-0.3, -0.25) is 4.79 Å². The molecule has 6 nitrogen and oxygen atoms in total. The normalized spacial score (nSPS) is 18.4. The van der Waals surface area contributed by atoms with E-state index in [1.807, 2.05) is 6.92 Å². The van der Waals surface area contributed by atoms with Crippen molar-refractivity contribution in [3.63, 3.8) is 0 Å². The molecule has 0 spiro atoms. The van der Waals surface area contributed by atoms with Crippen LogP contribution in [0, 0.1) is 6.92 Å². The van der Waals surface area contributed by atoms with Crippen molar-refractivity contribution in [2.75, 3.05) is 31.6 Å². The van der Waals surface area contributed by atoms with Crippen molar-refractivity contribution in [1.82, 2.24) is 15.2 Å². The van der Waals surface area contributed by atoms with Crippen LogP contribution in [0.4, 0.5) is 24.5 Å². The highest BCUT2D eigenvalue weighted by Gasteiger charge is 2.45. The lowest BCUT2D eigenvalue weighted by Gasteiger charge is -2.30. The Morgan fingerprint density at radius 3 is 2.86 bits per heavy atom. The van der Waals surface area contributed by atoms with Crippen LogP contribution in [0.1, 0.15) is 40.0 Å². The fourth-order valence-corrected chi connectivity index (χ4v) is 3.88. The monoisotopic (exact) mass is 406 g/mol. The maximum atomic E-state index is 13.8. The maximum Gasteiger partial charge on any atom is 0.417 e. The molecule has 1 atom stereocenters. The molecule has 1 amide bonds. The lowest BCUT2D eigenvalue weighted by molar-refractivity contribution is -0.137. The summed E-state index contributed by atoms with van der Waals surface area (Å²) in [6.45, 7) is 5.39. The molecular formula is C20H21F3N4O2. The summed E-state index contributed by atoms with van der Waals surface area (Å²) in [6, 6.07) is 3.97. The van der Waals surface area contributed by atoms with Gasteiger partial charge in [0.25, 0.3) is 5.91 Å². The number of amides is 1. The van der Waals surface area contributed by atoms with E-state index in [1.165, 1.54) is 4.90 Å². The second kappa shape index (κ2) is 7.22. The van der Waals surface area contributed by atoms with Crippen LogP contribution in [0.15, 0.2) is 24.4 Å². The number of nitrogens with zero attached hydrogens (tertiary/aromatic N) is 2. The molecule has 0 unspecified atom stereocenters. The number of alkyl halides is 3. The number of hydrogen-bond acceptors (Lipinski definition) is 5. The van der Waals surface area contributed by atoms with E-state index in [2.05, 4.69) is 15.6 Å². The van der Waals surface area contributed by atoms with E-state index in [-0.39, 0.29) is 11.3 Å². The van der Waals surface area contributed by atoms with Crippen LogP contribution in [0.25, 0.3) is 0 Å². The first-order valence-electron chi connectivity index (χ1n) is 9.43. The maximum absolute atomic E-state index is 13.8. The molecule has 0 saturated carbocycles. The van der Waals surface area contributed by atoms with Gasteiger partial charge in [0.1, 0.15) is 5.69 Å². The molecule has 2 aliphatic heterocycles. The van der Waals surface area contributed by atoms with Crippen LogP contribution >= 0.6 is 0 Å². The molecule has 0 radical (unpaired) electrons. The van der Waals surface area contributed by atoms with E-state index >= 15 is 0 Å². The summed E-state index contributed by atoms with van der Waals surface area (Å²) < 4.78 is 47.0. The number of hydrogen-bond donors (Lipinski definition) is 2. The second-order valence-electron chi connectivity index (χ2n) is 7.13. The third-order valence-corrected chi connectivity index (χ3v) is 5.10. The van der Waals surface area contributed by atoms with Gasteiger partial charge in [-0.25, -0.2) is 4.98 Å². The van der Waals surface area contributed by atoms with Gasteiger partial charge in [-0.2, -0.15) is 13.2 Å². The number of carbonyl (C=O) groups is 1. The Kier molecular flexibility index (Phi) is 4.85. The number of piperazine rings is 1. The number of benzene rings is 1. The first kappa shape index (κ1) is 19.5. The van der Waals surface area contributed by atoms with E-state index in [0.717, 1.165) is 11.6 Å². The number of nitrogens with one attached hydrogen (secondary N) is 2. The Balaban J connectivity index is 1.81. The van der Waals surface area contributed by atoms with Gasteiger partial charge in [-0.05, 0) is 43.2 Å². The lowest BCUT2D eigenvalue weighted by atomic mass is 9.97. The van der Waals surface area contributed by atoms with Crippen molar-refractivity contribution in [2.24, 2.45) is 0 Å². The van der Waals surface area contributed by atoms with Crippen molar-refractivity contribution in [3.05, 3.63) is 46.6 Å². The fraction of sp³-hybridized carbons (Fsp3) is 0.400. The zero-order valence-electron chi connectivity index (χ0n) is 16.1. The summed E-state index contributed by atoms with van der Waals surface area (Å²) in [6.07, 6.45) is -3.02. The molecule has 29 heavy (non-hydrogen) atoms. The Morgan fingerprint density at radius 1 is 1.34 bits per heavy atom. The number of pyridine rings is 1. The molecule has 9 heteroatoms. The SMILES string of the molecule is CCOc1ncc(C)cc1Nc1cc2c(c(C(F)(F)F)c1)C(=O)N1CCNC[C@@H]21. The summed E-state index contributed by atoms with van der Waals surface area (Å²) in [5.41, 5.74) is 0.774. The summed E-state index contributed by atoms with van der Waals surface area (Å²) in [5, 5.41) is 6.17. The first-order valence-corrected chi connectivity index (χ1v) is 9.43. The smallest absolute Gasteiger partial charge is 0.417 e. The first-order chi connectivity index (χ1) is 13.8. The number of ether oxygens (including phenoxy) is 1. The Morgan fingerprint density at radius 2 is 2.14 bits per heavy atom. The van der Waals surface area contributed by atoms with Gasteiger partial charge in [-0.15, -0.1) is 0 Å². The molecule has 2 aromatic rings. The number of aryl methyl sites for hydroxylation is 1. The Hall–Kier alpha value is -2.81. The van der Waals surface area contributed by atoms with E-state index in [1.54, 1.807) is 25.3 Å². The van der Waals surface area contributed by atoms with Crippen LogP contribution in [0.5, 0.6) is 5.88 Å². The lowest BCUT2D eigenvalue weighted by Crippen LogP contribution is -2.44. The average Bonchev–Trinajstić information content (AvgIpc) is 2.96. The van der Waals surface area contributed by atoms with E-state index in [4.69, 9.17) is 4.74 Å². The van der Waals surface area contributed by atoms with Crippen molar-refractivity contribution in [3.8, 4) is 5.88 Å². The van der Waals surface area contributed by atoms with E-state index in [9.17, 15) is 18.0 Å². The quantitative estimate of drug-likeness (QED) is 0.812. The predicted octanol–water partition coefficient (Wildman–Crippen LogP) is 3.65. The Labute approximate surface area is 166 Å². The molecule has 1 aromatic heterocycles. The second-order valence-corrected chi connectivity index (χ2v) is 7.13. The van der Waals surface area contributed by atoms with Gasteiger partial charge in [0.15, 0.2) is 0 Å². The molecule has 2 N–H and O–H groups in total. The van der Waals surface area contributed by atoms with Crippen molar-refractivity contribution < 1.29 is 22.7 Å². The van der Waals surface area contributed by atoms with Crippen LogP contribution in [0.2, 0.25) is 0 Å². The molecule has 2 aliphatic rings. The van der Waals surface area contributed by atoms with Gasteiger partial charge in [0.2, 0.25) is 5.88 Å². The number of aromatic nitrogens is 1. The molecule has 4 rings (SSSR count). The van der Waals surface area contributed by atoms with Crippen molar-refractivity contribution in [2.45, 2.75) is 26.1 Å². The number of rotatable bonds is 4. The van der Waals surface area contributed by atoms with Gasteiger partial charge in [0.05, 0.1) is 23.8 Å². The van der Waals surface area contributed by atoms with Gasteiger partial charge in [0, 0.05) is 31.5 Å². The summed E-state index contributed by atoms with van der Waals surface area (Å²) in [5.74, 6) is -0.248. The standard InChI is InChI=1S/C20H21F3N4O2/c1-3-29-18-15(6-11(2)9-25-18)26-12-7-13-16-10-24-4-5-27(16)19(28)17(13)14(8-12)20(21,22)23/h6-9,16,24,26H,3-5,10H2,1-2H3/t16-/m0/s1. The zero-order valence-corrected chi connectivity index (χ0v) is 16.1. The van der Waals surface area contributed by atoms with Crippen LogP contribution in [-0.2, 0) is 6.18 Å². The molecule has 1 saturated heterocycles. The van der Waals surface area contributed by atoms with Gasteiger partial charge < -0.3 is 20.3 Å². The number of carbonyl (C=O) groups excluding carboxylic acids is 1. The van der Waals surface area contributed by atoms with Crippen molar-refractivity contribution in [1.29, 1.82) is 0 Å². The largest absolute Gasteiger partial charge is 0.476 e.